The number of thioether (sulfide) groups is 1. The molecular formula is C18H22S. The summed E-state index contributed by atoms with van der Waals surface area (Å²) in [5.41, 5.74) is 2.86. The molecule has 0 N–H and O–H groups in total. The van der Waals surface area contributed by atoms with E-state index in [0.717, 1.165) is 5.75 Å². The maximum Gasteiger partial charge on any atom is 0.00721 e. The molecule has 0 aliphatic carbocycles. The molecule has 0 saturated carbocycles. The van der Waals surface area contributed by atoms with Gasteiger partial charge in [0.25, 0.3) is 0 Å². The van der Waals surface area contributed by atoms with Gasteiger partial charge in [0.05, 0.1) is 0 Å². The lowest BCUT2D eigenvalue weighted by Gasteiger charge is -2.13. The Bertz CT molecular complexity index is 485. The zero-order valence-electron chi connectivity index (χ0n) is 12.0. The largest absolute Gasteiger partial charge is 0.126 e. The van der Waals surface area contributed by atoms with Crippen LogP contribution in [0.1, 0.15) is 43.7 Å². The van der Waals surface area contributed by atoms with Crippen molar-refractivity contribution in [3.05, 3.63) is 65.7 Å². The fourth-order valence-corrected chi connectivity index (χ4v) is 3.03. The second-order valence-corrected chi connectivity index (χ2v) is 6.44. The third-order valence-corrected chi connectivity index (χ3v) is 4.69. The Kier molecular flexibility index (Phi) is 5.09. The summed E-state index contributed by atoms with van der Waals surface area (Å²) in [5, 5.41) is 0. The van der Waals surface area contributed by atoms with E-state index in [4.69, 9.17) is 0 Å². The summed E-state index contributed by atoms with van der Waals surface area (Å²) in [6, 6.07) is 19.7. The molecule has 2 rings (SSSR count). The molecule has 100 valence electrons. The Balaban J connectivity index is 1.94. The third kappa shape index (κ3) is 4.14. The number of benzene rings is 2. The van der Waals surface area contributed by atoms with Gasteiger partial charge in [-0.1, -0.05) is 63.2 Å². The first kappa shape index (κ1) is 14.2. The van der Waals surface area contributed by atoms with Gasteiger partial charge in [-0.15, -0.1) is 11.8 Å². The standard InChI is InChI=1S/C18H22S/c1-14(2)16-9-11-17(12-10-16)15(3)13-19-18-7-5-4-6-8-18/h4-12,14-15H,13H2,1-3H3. The van der Waals surface area contributed by atoms with Crippen LogP contribution in [0.15, 0.2) is 59.5 Å². The highest BCUT2D eigenvalue weighted by atomic mass is 32.2. The Morgan fingerprint density at radius 1 is 0.789 bits per heavy atom. The first-order chi connectivity index (χ1) is 9.16. The van der Waals surface area contributed by atoms with Crippen molar-refractivity contribution in [3.8, 4) is 0 Å². The molecule has 2 aromatic carbocycles. The molecule has 0 saturated heterocycles. The molecular weight excluding hydrogens is 248 g/mol. The minimum absolute atomic E-state index is 0.589. The summed E-state index contributed by atoms with van der Waals surface area (Å²) in [7, 11) is 0. The second kappa shape index (κ2) is 6.81. The average Bonchev–Trinajstić information content (AvgIpc) is 2.46. The van der Waals surface area contributed by atoms with E-state index in [9.17, 15) is 0 Å². The summed E-state index contributed by atoms with van der Waals surface area (Å²) < 4.78 is 0. The SMILES string of the molecule is CC(C)c1ccc(C(C)CSc2ccccc2)cc1. The Hall–Kier alpha value is -1.21. The smallest absolute Gasteiger partial charge is 0.00721 e. The van der Waals surface area contributed by atoms with Crippen LogP contribution in [-0.2, 0) is 0 Å². The highest BCUT2D eigenvalue weighted by Crippen LogP contribution is 2.26. The zero-order chi connectivity index (χ0) is 13.7. The van der Waals surface area contributed by atoms with Crippen LogP contribution in [0.25, 0.3) is 0 Å². The maximum absolute atomic E-state index is 2.31. The average molecular weight is 270 g/mol. The monoisotopic (exact) mass is 270 g/mol. The predicted molar refractivity (Wildman–Crippen MR) is 86.1 cm³/mol. The van der Waals surface area contributed by atoms with Crippen molar-refractivity contribution in [2.24, 2.45) is 0 Å². The van der Waals surface area contributed by atoms with E-state index in [1.807, 2.05) is 11.8 Å². The molecule has 0 amide bonds. The molecule has 1 unspecified atom stereocenters. The van der Waals surface area contributed by atoms with Gasteiger partial charge in [-0.2, -0.15) is 0 Å². The molecule has 19 heavy (non-hydrogen) atoms. The summed E-state index contributed by atoms with van der Waals surface area (Å²) >= 11 is 1.93. The second-order valence-electron chi connectivity index (χ2n) is 5.35. The minimum Gasteiger partial charge on any atom is -0.126 e. The van der Waals surface area contributed by atoms with E-state index in [2.05, 4.69) is 75.4 Å². The quantitative estimate of drug-likeness (QED) is 0.627. The predicted octanol–water partition coefficient (Wildman–Crippen LogP) is 5.71. The number of hydrogen-bond acceptors (Lipinski definition) is 1. The van der Waals surface area contributed by atoms with Crippen LogP contribution in [0.5, 0.6) is 0 Å². The summed E-state index contributed by atoms with van der Waals surface area (Å²) in [5.74, 6) is 2.33. The van der Waals surface area contributed by atoms with Crippen LogP contribution in [0, 0.1) is 0 Å². The summed E-state index contributed by atoms with van der Waals surface area (Å²) in [6.07, 6.45) is 0. The topological polar surface area (TPSA) is 0 Å². The van der Waals surface area contributed by atoms with Crippen LogP contribution < -0.4 is 0 Å². The van der Waals surface area contributed by atoms with E-state index in [1.165, 1.54) is 16.0 Å². The Labute approximate surface area is 121 Å². The van der Waals surface area contributed by atoms with Crippen molar-refractivity contribution in [1.29, 1.82) is 0 Å². The number of rotatable bonds is 5. The van der Waals surface area contributed by atoms with Crippen LogP contribution in [0.2, 0.25) is 0 Å². The summed E-state index contributed by atoms with van der Waals surface area (Å²) in [4.78, 5) is 1.35. The van der Waals surface area contributed by atoms with Crippen molar-refractivity contribution >= 4 is 11.8 Å². The van der Waals surface area contributed by atoms with Gasteiger partial charge < -0.3 is 0 Å². The van der Waals surface area contributed by atoms with Gasteiger partial charge in [-0.3, -0.25) is 0 Å². The fraction of sp³-hybridized carbons (Fsp3) is 0.333. The van der Waals surface area contributed by atoms with Crippen molar-refractivity contribution in [2.75, 3.05) is 5.75 Å². The van der Waals surface area contributed by atoms with Crippen LogP contribution in [-0.4, -0.2) is 5.75 Å². The lowest BCUT2D eigenvalue weighted by Crippen LogP contribution is -1.97. The van der Waals surface area contributed by atoms with Crippen LogP contribution >= 0.6 is 11.8 Å². The van der Waals surface area contributed by atoms with Gasteiger partial charge in [0.1, 0.15) is 0 Å². The first-order valence-corrected chi connectivity index (χ1v) is 7.93. The van der Waals surface area contributed by atoms with E-state index in [-0.39, 0.29) is 0 Å². The molecule has 1 heteroatoms. The number of hydrogen-bond donors (Lipinski definition) is 0. The fourth-order valence-electron chi connectivity index (χ4n) is 2.04. The highest BCUT2D eigenvalue weighted by molar-refractivity contribution is 7.99. The van der Waals surface area contributed by atoms with Crippen LogP contribution in [0.3, 0.4) is 0 Å². The molecule has 0 aliphatic heterocycles. The molecule has 0 fully saturated rings. The Morgan fingerprint density at radius 3 is 1.95 bits per heavy atom. The molecule has 0 aliphatic rings. The van der Waals surface area contributed by atoms with Crippen LogP contribution in [0.4, 0.5) is 0 Å². The lowest BCUT2D eigenvalue weighted by molar-refractivity contribution is 0.850. The van der Waals surface area contributed by atoms with E-state index in [1.54, 1.807) is 0 Å². The van der Waals surface area contributed by atoms with E-state index >= 15 is 0 Å². The molecule has 0 bridgehead atoms. The van der Waals surface area contributed by atoms with Gasteiger partial charge in [-0.05, 0) is 35.1 Å². The van der Waals surface area contributed by atoms with Crippen molar-refractivity contribution in [1.82, 2.24) is 0 Å². The molecule has 1 atom stereocenters. The normalized spacial score (nSPS) is 12.6. The van der Waals surface area contributed by atoms with Gasteiger partial charge >= 0.3 is 0 Å². The van der Waals surface area contributed by atoms with Gasteiger partial charge in [0.15, 0.2) is 0 Å². The van der Waals surface area contributed by atoms with Gasteiger partial charge in [-0.25, -0.2) is 0 Å². The zero-order valence-corrected chi connectivity index (χ0v) is 12.8. The van der Waals surface area contributed by atoms with Gasteiger partial charge in [0.2, 0.25) is 0 Å². The highest BCUT2D eigenvalue weighted by Gasteiger charge is 2.07. The van der Waals surface area contributed by atoms with Crippen molar-refractivity contribution < 1.29 is 0 Å². The molecule has 2 aromatic rings. The van der Waals surface area contributed by atoms with Crippen molar-refractivity contribution in [2.45, 2.75) is 37.5 Å². The van der Waals surface area contributed by atoms with Crippen molar-refractivity contribution in [3.63, 3.8) is 0 Å². The molecule has 0 spiro atoms. The molecule has 0 nitrogen and oxygen atoms in total. The van der Waals surface area contributed by atoms with Gasteiger partial charge in [0, 0.05) is 10.6 Å². The third-order valence-electron chi connectivity index (χ3n) is 3.42. The summed E-state index contributed by atoms with van der Waals surface area (Å²) in [6.45, 7) is 6.79. The first-order valence-electron chi connectivity index (χ1n) is 6.94. The van der Waals surface area contributed by atoms with E-state index in [0.29, 0.717) is 11.8 Å². The Morgan fingerprint density at radius 2 is 1.37 bits per heavy atom. The molecule has 0 aromatic heterocycles. The van der Waals surface area contributed by atoms with E-state index < -0.39 is 0 Å². The molecule has 0 radical (unpaired) electrons. The lowest BCUT2D eigenvalue weighted by atomic mass is 9.97. The molecule has 0 heterocycles. The minimum atomic E-state index is 0.589. The maximum atomic E-state index is 2.31.